The molecule has 3 heterocycles. The van der Waals surface area contributed by atoms with E-state index in [1.165, 1.54) is 5.56 Å². The Labute approximate surface area is 316 Å². The van der Waals surface area contributed by atoms with Gasteiger partial charge < -0.3 is 13.7 Å². The molecule has 11 rings (SSSR count). The lowest BCUT2D eigenvalue weighted by Crippen LogP contribution is -2.09. The summed E-state index contributed by atoms with van der Waals surface area (Å²) >= 11 is 0. The molecule has 11 aromatic rings. The summed E-state index contributed by atoms with van der Waals surface area (Å²) in [7, 11) is 0. The summed E-state index contributed by atoms with van der Waals surface area (Å²) in [6, 6.07) is 64.9. The van der Waals surface area contributed by atoms with Gasteiger partial charge in [0.25, 0.3) is 0 Å². The zero-order valence-corrected chi connectivity index (χ0v) is 29.6. The zero-order chi connectivity index (χ0) is 36.3. The molecule has 5 heteroatoms. The molecule has 5 nitrogen and oxygen atoms in total. The van der Waals surface area contributed by atoms with Crippen molar-refractivity contribution in [3.8, 4) is 33.8 Å². The number of para-hydroxylation sites is 2. The lowest BCUT2D eigenvalue weighted by Gasteiger charge is -2.25. The predicted octanol–water partition coefficient (Wildman–Crippen LogP) is 13.9. The third-order valence-electron chi connectivity index (χ3n) is 10.5. The standard InChI is InChI=1S/C50H31N3O2/c1-3-12-32(13-4-1)33-22-24-35(25-23-33)53(36-26-28-39-38-16-8-10-20-44(38)54-46(39)30-36)37-27-29-41-47(31-37)55-45-21-11-18-42(48(41)45)50-51-43-19-9-7-17-40(43)49(52-50)34-14-5-2-6-15-34/h1-31H. The summed E-state index contributed by atoms with van der Waals surface area (Å²) in [5.41, 5.74) is 12.3. The second-order valence-corrected chi connectivity index (χ2v) is 13.8. The maximum atomic E-state index is 6.67. The number of nitrogens with zero attached hydrogens (tertiary/aromatic N) is 3. The van der Waals surface area contributed by atoms with Gasteiger partial charge in [-0.3, -0.25) is 0 Å². The van der Waals surface area contributed by atoms with Crippen LogP contribution in [0.5, 0.6) is 0 Å². The number of anilines is 3. The second kappa shape index (κ2) is 12.6. The summed E-state index contributed by atoms with van der Waals surface area (Å²) in [4.78, 5) is 12.6. The van der Waals surface area contributed by atoms with Gasteiger partial charge in [-0.25, -0.2) is 9.97 Å². The van der Waals surface area contributed by atoms with Crippen LogP contribution < -0.4 is 4.90 Å². The van der Waals surface area contributed by atoms with Crippen molar-refractivity contribution in [2.24, 2.45) is 0 Å². The average Bonchev–Trinajstić information content (AvgIpc) is 3.82. The van der Waals surface area contributed by atoms with Gasteiger partial charge in [-0.2, -0.15) is 0 Å². The van der Waals surface area contributed by atoms with E-state index in [2.05, 4.69) is 126 Å². The van der Waals surface area contributed by atoms with E-state index in [0.717, 1.165) is 94.2 Å². The molecule has 55 heavy (non-hydrogen) atoms. The fourth-order valence-electron chi connectivity index (χ4n) is 7.89. The normalized spacial score (nSPS) is 11.6. The lowest BCUT2D eigenvalue weighted by molar-refractivity contribution is 0.669. The molecule has 0 atom stereocenters. The van der Waals surface area contributed by atoms with E-state index in [0.29, 0.717) is 5.82 Å². The zero-order valence-electron chi connectivity index (χ0n) is 29.6. The molecule has 0 unspecified atom stereocenters. The average molecular weight is 706 g/mol. The fourth-order valence-corrected chi connectivity index (χ4v) is 7.89. The highest BCUT2D eigenvalue weighted by Gasteiger charge is 2.20. The number of benzene rings is 8. The lowest BCUT2D eigenvalue weighted by atomic mass is 10.0. The van der Waals surface area contributed by atoms with Crippen LogP contribution in [0.1, 0.15) is 0 Å². The van der Waals surface area contributed by atoms with Gasteiger partial charge in [0.2, 0.25) is 0 Å². The highest BCUT2D eigenvalue weighted by molar-refractivity contribution is 6.13. The third-order valence-corrected chi connectivity index (χ3v) is 10.5. The maximum absolute atomic E-state index is 6.67. The van der Waals surface area contributed by atoms with Gasteiger partial charge in [0.15, 0.2) is 5.82 Å². The van der Waals surface area contributed by atoms with Crippen molar-refractivity contribution in [3.63, 3.8) is 0 Å². The van der Waals surface area contributed by atoms with Gasteiger partial charge in [0, 0.05) is 67.3 Å². The van der Waals surface area contributed by atoms with Crippen molar-refractivity contribution >= 4 is 71.8 Å². The van der Waals surface area contributed by atoms with Gasteiger partial charge >= 0.3 is 0 Å². The molecule has 0 saturated heterocycles. The van der Waals surface area contributed by atoms with Crippen LogP contribution in [0, 0.1) is 0 Å². The van der Waals surface area contributed by atoms with Gasteiger partial charge in [-0.15, -0.1) is 0 Å². The molecule has 0 saturated carbocycles. The van der Waals surface area contributed by atoms with Crippen LogP contribution in [0.25, 0.3) is 88.6 Å². The quantitative estimate of drug-likeness (QED) is 0.172. The van der Waals surface area contributed by atoms with Gasteiger partial charge in [0.1, 0.15) is 22.3 Å². The monoisotopic (exact) mass is 705 g/mol. The Balaban J connectivity index is 1.07. The summed E-state index contributed by atoms with van der Waals surface area (Å²) in [5, 5.41) is 5.20. The summed E-state index contributed by atoms with van der Waals surface area (Å²) in [5.74, 6) is 0.661. The molecule has 258 valence electrons. The van der Waals surface area contributed by atoms with E-state index in [1.54, 1.807) is 0 Å². The molecular weight excluding hydrogens is 675 g/mol. The maximum Gasteiger partial charge on any atom is 0.161 e. The van der Waals surface area contributed by atoms with Crippen molar-refractivity contribution in [3.05, 3.63) is 188 Å². The van der Waals surface area contributed by atoms with Crippen LogP contribution in [0.2, 0.25) is 0 Å². The first-order valence-corrected chi connectivity index (χ1v) is 18.4. The Morgan fingerprint density at radius 2 is 0.927 bits per heavy atom. The highest BCUT2D eigenvalue weighted by atomic mass is 16.3. The number of rotatable bonds is 6. The minimum atomic E-state index is 0.661. The number of hydrogen-bond acceptors (Lipinski definition) is 5. The van der Waals surface area contributed by atoms with Gasteiger partial charge in [0.05, 0.1) is 11.2 Å². The molecule has 0 aliphatic carbocycles. The first-order chi connectivity index (χ1) is 27.2. The Kier molecular flexibility index (Phi) is 7.10. The second-order valence-electron chi connectivity index (χ2n) is 13.8. The number of hydrogen-bond donors (Lipinski definition) is 0. The van der Waals surface area contributed by atoms with E-state index in [-0.39, 0.29) is 0 Å². The predicted molar refractivity (Wildman–Crippen MR) is 225 cm³/mol. The molecule has 0 spiro atoms. The Morgan fingerprint density at radius 3 is 1.71 bits per heavy atom. The summed E-state index contributed by atoms with van der Waals surface area (Å²) in [6.45, 7) is 0. The van der Waals surface area contributed by atoms with Crippen LogP contribution in [-0.2, 0) is 0 Å². The van der Waals surface area contributed by atoms with E-state index < -0.39 is 0 Å². The highest BCUT2D eigenvalue weighted by Crippen LogP contribution is 2.43. The minimum Gasteiger partial charge on any atom is -0.456 e. The molecule has 0 N–H and O–H groups in total. The topological polar surface area (TPSA) is 55.3 Å². The number of furan rings is 2. The number of fused-ring (bicyclic) bond motifs is 7. The van der Waals surface area contributed by atoms with Crippen LogP contribution in [0.15, 0.2) is 197 Å². The molecule has 0 bridgehead atoms. The van der Waals surface area contributed by atoms with Crippen LogP contribution in [-0.4, -0.2) is 9.97 Å². The molecule has 0 aliphatic rings. The van der Waals surface area contributed by atoms with E-state index >= 15 is 0 Å². The van der Waals surface area contributed by atoms with E-state index in [4.69, 9.17) is 18.8 Å². The summed E-state index contributed by atoms with van der Waals surface area (Å²) < 4.78 is 13.0. The van der Waals surface area contributed by atoms with Crippen molar-refractivity contribution < 1.29 is 8.83 Å². The van der Waals surface area contributed by atoms with E-state index in [9.17, 15) is 0 Å². The van der Waals surface area contributed by atoms with Crippen LogP contribution in [0.4, 0.5) is 17.1 Å². The largest absolute Gasteiger partial charge is 0.456 e. The van der Waals surface area contributed by atoms with Crippen molar-refractivity contribution in [2.45, 2.75) is 0 Å². The molecule has 0 amide bonds. The first kappa shape index (κ1) is 31.1. The molecule has 0 fully saturated rings. The Bertz CT molecular complexity index is 3200. The van der Waals surface area contributed by atoms with Gasteiger partial charge in [-0.05, 0) is 65.7 Å². The van der Waals surface area contributed by atoms with Crippen LogP contribution >= 0.6 is 0 Å². The SMILES string of the molecule is c1ccc(-c2ccc(N(c3ccc4c(c3)oc3ccccc34)c3ccc4c(c3)oc3cccc(-c5nc(-c6ccccc6)c6ccccc6n5)c34)cc2)cc1. The molecular formula is C50H31N3O2. The molecule has 3 aromatic heterocycles. The molecule has 0 aliphatic heterocycles. The minimum absolute atomic E-state index is 0.661. The smallest absolute Gasteiger partial charge is 0.161 e. The fraction of sp³-hybridized carbons (Fsp3) is 0. The van der Waals surface area contributed by atoms with Crippen molar-refractivity contribution in [2.75, 3.05) is 4.90 Å². The summed E-state index contributed by atoms with van der Waals surface area (Å²) in [6.07, 6.45) is 0. The molecule has 8 aromatic carbocycles. The van der Waals surface area contributed by atoms with Crippen molar-refractivity contribution in [1.82, 2.24) is 9.97 Å². The Hall–Kier alpha value is -7.50. The third kappa shape index (κ3) is 5.24. The molecule has 0 radical (unpaired) electrons. The Morgan fingerprint density at radius 1 is 0.364 bits per heavy atom. The number of aromatic nitrogens is 2. The van der Waals surface area contributed by atoms with Crippen LogP contribution in [0.3, 0.4) is 0 Å². The van der Waals surface area contributed by atoms with Crippen molar-refractivity contribution in [1.29, 1.82) is 0 Å². The van der Waals surface area contributed by atoms with Gasteiger partial charge in [-0.1, -0.05) is 121 Å². The first-order valence-electron chi connectivity index (χ1n) is 18.4. The van der Waals surface area contributed by atoms with E-state index in [1.807, 2.05) is 66.7 Å².